The number of benzene rings is 2. The Hall–Kier alpha value is -4.34. The SMILES string of the molecule is COC(=O)c1ccccc1N(C)c1ncnc(NNC(=O)c2ccc(OC)cc2)c1N. The first-order chi connectivity index (χ1) is 15.0. The summed E-state index contributed by atoms with van der Waals surface area (Å²) in [5.41, 5.74) is 13.0. The Kier molecular flexibility index (Phi) is 6.51. The Bertz CT molecular complexity index is 1090. The molecule has 0 radical (unpaired) electrons. The van der Waals surface area contributed by atoms with Crippen LogP contribution in [0.1, 0.15) is 20.7 Å². The van der Waals surface area contributed by atoms with E-state index in [4.69, 9.17) is 15.2 Å². The Morgan fingerprint density at radius 1 is 1.03 bits per heavy atom. The number of nitrogens with zero attached hydrogens (tertiary/aromatic N) is 3. The maximum absolute atomic E-state index is 12.4. The van der Waals surface area contributed by atoms with E-state index in [0.717, 1.165) is 0 Å². The molecule has 0 spiro atoms. The Morgan fingerprint density at radius 2 is 1.74 bits per heavy atom. The summed E-state index contributed by atoms with van der Waals surface area (Å²) in [5, 5.41) is 0. The number of esters is 1. The fourth-order valence-corrected chi connectivity index (χ4v) is 2.85. The van der Waals surface area contributed by atoms with E-state index in [-0.39, 0.29) is 17.4 Å². The number of anilines is 4. The zero-order chi connectivity index (χ0) is 22.4. The minimum absolute atomic E-state index is 0.180. The topological polar surface area (TPSA) is 132 Å². The summed E-state index contributed by atoms with van der Waals surface area (Å²) in [6.07, 6.45) is 1.30. The molecule has 3 aromatic rings. The lowest BCUT2D eigenvalue weighted by Gasteiger charge is -2.23. The van der Waals surface area contributed by atoms with Crippen molar-refractivity contribution in [1.29, 1.82) is 0 Å². The van der Waals surface area contributed by atoms with E-state index in [2.05, 4.69) is 20.8 Å². The van der Waals surface area contributed by atoms with Crippen LogP contribution in [0.25, 0.3) is 0 Å². The standard InChI is InChI=1S/C21H22N6O4/c1-27(16-7-5-4-6-15(16)21(29)31-3)19-17(22)18(23-12-24-19)25-26-20(28)13-8-10-14(30-2)11-9-13/h4-12H,22H2,1-3H3,(H,26,28)(H,23,24,25). The van der Waals surface area contributed by atoms with Crippen LogP contribution in [0.3, 0.4) is 0 Å². The van der Waals surface area contributed by atoms with Gasteiger partial charge in [0.15, 0.2) is 11.6 Å². The molecular formula is C21H22N6O4. The molecule has 1 heterocycles. The molecule has 0 fully saturated rings. The van der Waals surface area contributed by atoms with Crippen LogP contribution in [0.4, 0.5) is 23.0 Å². The first-order valence-corrected chi connectivity index (χ1v) is 9.18. The highest BCUT2D eigenvalue weighted by atomic mass is 16.5. The van der Waals surface area contributed by atoms with Gasteiger partial charge >= 0.3 is 5.97 Å². The zero-order valence-electron chi connectivity index (χ0n) is 17.2. The fraction of sp³-hybridized carbons (Fsp3) is 0.143. The maximum Gasteiger partial charge on any atom is 0.339 e. The molecule has 31 heavy (non-hydrogen) atoms. The minimum atomic E-state index is -0.486. The van der Waals surface area contributed by atoms with Gasteiger partial charge in [-0.15, -0.1) is 0 Å². The van der Waals surface area contributed by atoms with Gasteiger partial charge in [-0.3, -0.25) is 15.6 Å². The van der Waals surface area contributed by atoms with E-state index < -0.39 is 5.97 Å². The molecule has 0 aliphatic heterocycles. The number of methoxy groups -OCH3 is 2. The van der Waals surface area contributed by atoms with Crippen molar-refractivity contribution >= 4 is 34.9 Å². The van der Waals surface area contributed by atoms with Crippen molar-refractivity contribution in [2.45, 2.75) is 0 Å². The summed E-state index contributed by atoms with van der Waals surface area (Å²) >= 11 is 0. The number of nitrogen functional groups attached to an aromatic ring is 1. The van der Waals surface area contributed by atoms with E-state index in [1.807, 2.05) is 0 Å². The minimum Gasteiger partial charge on any atom is -0.497 e. The quantitative estimate of drug-likeness (QED) is 0.388. The third-order valence-corrected chi connectivity index (χ3v) is 4.50. The second-order valence-electron chi connectivity index (χ2n) is 6.33. The number of hydrogen-bond acceptors (Lipinski definition) is 9. The lowest BCUT2D eigenvalue weighted by Crippen LogP contribution is -2.30. The van der Waals surface area contributed by atoms with Crippen molar-refractivity contribution in [2.24, 2.45) is 0 Å². The molecule has 0 bridgehead atoms. The smallest absolute Gasteiger partial charge is 0.339 e. The van der Waals surface area contributed by atoms with Crippen LogP contribution in [0.15, 0.2) is 54.9 Å². The van der Waals surface area contributed by atoms with E-state index in [9.17, 15) is 9.59 Å². The summed E-state index contributed by atoms with van der Waals surface area (Å²) in [7, 11) is 4.57. The van der Waals surface area contributed by atoms with Gasteiger partial charge in [0.1, 0.15) is 17.8 Å². The predicted octanol–water partition coefficient (Wildman–Crippen LogP) is 2.38. The second kappa shape index (κ2) is 9.44. The molecule has 0 aliphatic carbocycles. The van der Waals surface area contributed by atoms with Gasteiger partial charge in [0.25, 0.3) is 5.91 Å². The number of rotatable bonds is 7. The largest absolute Gasteiger partial charge is 0.497 e. The van der Waals surface area contributed by atoms with E-state index >= 15 is 0 Å². The second-order valence-corrected chi connectivity index (χ2v) is 6.33. The number of para-hydroxylation sites is 1. The van der Waals surface area contributed by atoms with Gasteiger partial charge in [-0.2, -0.15) is 0 Å². The van der Waals surface area contributed by atoms with E-state index in [1.165, 1.54) is 13.4 Å². The average Bonchev–Trinajstić information content (AvgIpc) is 2.82. The lowest BCUT2D eigenvalue weighted by atomic mass is 10.1. The number of nitrogens with one attached hydrogen (secondary N) is 2. The molecule has 0 saturated heterocycles. The maximum atomic E-state index is 12.4. The molecule has 1 aromatic heterocycles. The summed E-state index contributed by atoms with van der Waals surface area (Å²) < 4.78 is 9.92. The summed E-state index contributed by atoms with van der Waals surface area (Å²) in [6.45, 7) is 0. The number of aromatic nitrogens is 2. The van der Waals surface area contributed by atoms with Gasteiger partial charge in [-0.1, -0.05) is 12.1 Å². The first kappa shape index (κ1) is 21.4. The molecule has 10 heteroatoms. The number of nitrogens with two attached hydrogens (primary N) is 1. The molecule has 0 saturated carbocycles. The summed E-state index contributed by atoms with van der Waals surface area (Å²) in [4.78, 5) is 34.4. The average molecular weight is 422 g/mol. The van der Waals surface area contributed by atoms with Crippen molar-refractivity contribution in [3.05, 3.63) is 66.0 Å². The summed E-state index contributed by atoms with van der Waals surface area (Å²) in [6, 6.07) is 13.5. The Balaban J connectivity index is 1.80. The third kappa shape index (κ3) is 4.64. The highest BCUT2D eigenvalue weighted by molar-refractivity contribution is 5.98. The highest BCUT2D eigenvalue weighted by Crippen LogP contribution is 2.32. The van der Waals surface area contributed by atoms with Crippen LogP contribution >= 0.6 is 0 Å². The van der Waals surface area contributed by atoms with E-state index in [0.29, 0.717) is 28.4 Å². The number of hydrogen-bond donors (Lipinski definition) is 3. The van der Waals surface area contributed by atoms with Crippen LogP contribution in [0.5, 0.6) is 5.75 Å². The van der Waals surface area contributed by atoms with E-state index in [1.54, 1.807) is 67.6 Å². The molecule has 0 aliphatic rings. The van der Waals surface area contributed by atoms with Crippen LogP contribution < -0.4 is 26.2 Å². The molecule has 160 valence electrons. The van der Waals surface area contributed by atoms with Crippen LogP contribution in [0, 0.1) is 0 Å². The van der Waals surface area contributed by atoms with Crippen molar-refractivity contribution in [2.75, 3.05) is 37.3 Å². The van der Waals surface area contributed by atoms with Gasteiger partial charge in [0.2, 0.25) is 0 Å². The molecule has 0 atom stereocenters. The molecule has 2 aromatic carbocycles. The number of amides is 1. The van der Waals surface area contributed by atoms with Crippen molar-refractivity contribution in [3.63, 3.8) is 0 Å². The van der Waals surface area contributed by atoms with Crippen LogP contribution in [-0.4, -0.2) is 43.1 Å². The molecule has 1 amide bonds. The van der Waals surface area contributed by atoms with Crippen molar-refractivity contribution in [3.8, 4) is 5.75 Å². The highest BCUT2D eigenvalue weighted by Gasteiger charge is 2.19. The van der Waals surface area contributed by atoms with Gasteiger partial charge in [-0.25, -0.2) is 14.8 Å². The van der Waals surface area contributed by atoms with Gasteiger partial charge in [-0.05, 0) is 36.4 Å². The number of carbonyl (C=O) groups excluding carboxylic acids is 2. The number of hydrazine groups is 1. The fourth-order valence-electron chi connectivity index (χ4n) is 2.85. The Labute approximate surface area is 179 Å². The van der Waals surface area contributed by atoms with Crippen LogP contribution in [-0.2, 0) is 4.74 Å². The van der Waals surface area contributed by atoms with Gasteiger partial charge in [0, 0.05) is 12.6 Å². The lowest BCUT2D eigenvalue weighted by molar-refractivity contribution is 0.0601. The van der Waals surface area contributed by atoms with Crippen molar-refractivity contribution in [1.82, 2.24) is 15.4 Å². The first-order valence-electron chi connectivity index (χ1n) is 9.18. The van der Waals surface area contributed by atoms with Crippen molar-refractivity contribution < 1.29 is 19.1 Å². The monoisotopic (exact) mass is 422 g/mol. The van der Waals surface area contributed by atoms with Gasteiger partial charge in [0.05, 0.1) is 25.5 Å². The normalized spacial score (nSPS) is 10.2. The number of carbonyl (C=O) groups is 2. The van der Waals surface area contributed by atoms with Crippen LogP contribution in [0.2, 0.25) is 0 Å². The molecular weight excluding hydrogens is 400 g/mol. The molecule has 4 N–H and O–H groups in total. The molecule has 10 nitrogen and oxygen atoms in total. The predicted molar refractivity (Wildman–Crippen MR) is 116 cm³/mol. The molecule has 0 unspecified atom stereocenters. The zero-order valence-corrected chi connectivity index (χ0v) is 17.2. The third-order valence-electron chi connectivity index (χ3n) is 4.50. The Morgan fingerprint density at radius 3 is 2.42 bits per heavy atom. The number of ether oxygens (including phenoxy) is 2. The van der Waals surface area contributed by atoms with Gasteiger partial charge < -0.3 is 20.1 Å². The summed E-state index contributed by atoms with van der Waals surface area (Å²) in [5.74, 6) is 0.318. The molecule has 3 rings (SSSR count).